The molecule has 0 atom stereocenters. The van der Waals surface area contributed by atoms with Gasteiger partial charge in [0.25, 0.3) is 0 Å². The van der Waals surface area contributed by atoms with Crippen molar-refractivity contribution < 1.29 is 9.90 Å². The van der Waals surface area contributed by atoms with Crippen molar-refractivity contribution in [3.05, 3.63) is 21.4 Å². The minimum atomic E-state index is -0.110. The molecule has 23 heavy (non-hydrogen) atoms. The van der Waals surface area contributed by atoms with Crippen molar-refractivity contribution in [1.82, 2.24) is 10.2 Å². The first-order valence-corrected chi connectivity index (χ1v) is 9.59. The van der Waals surface area contributed by atoms with Crippen molar-refractivity contribution in [2.45, 2.75) is 58.5 Å². The average Bonchev–Trinajstić information content (AvgIpc) is 2.83. The van der Waals surface area contributed by atoms with E-state index in [2.05, 4.69) is 30.1 Å². The molecule has 1 aromatic rings. The number of hydrogen-bond acceptors (Lipinski definition) is 4. The van der Waals surface area contributed by atoms with Crippen molar-refractivity contribution in [2.75, 3.05) is 26.2 Å². The van der Waals surface area contributed by atoms with E-state index in [-0.39, 0.29) is 12.0 Å². The third kappa shape index (κ3) is 6.61. The lowest BCUT2D eigenvalue weighted by molar-refractivity contribution is -0.121. The van der Waals surface area contributed by atoms with Gasteiger partial charge in [0, 0.05) is 35.8 Å². The van der Waals surface area contributed by atoms with Crippen LogP contribution in [0.25, 0.3) is 0 Å². The molecule has 0 saturated carbocycles. The number of likely N-dealkylation sites (tertiary alicyclic amines) is 1. The lowest BCUT2D eigenvalue weighted by Gasteiger charge is -2.29. The largest absolute Gasteiger partial charge is 0.393 e. The van der Waals surface area contributed by atoms with Gasteiger partial charge < -0.3 is 15.3 Å². The maximum Gasteiger partial charge on any atom is 0.220 e. The normalized spacial score (nSPS) is 16.7. The molecule has 5 heteroatoms. The molecule has 1 aromatic heterocycles. The molecule has 1 saturated heterocycles. The standard InChI is InChI=1S/C18H30N2O2S/c1-14-13-16(15(2)23-14)5-3-6-18(22)19-9-4-10-20-11-7-17(21)8-12-20/h13,17,21H,3-12H2,1-2H3,(H,19,22). The number of piperidine rings is 1. The highest BCUT2D eigenvalue weighted by Crippen LogP contribution is 2.22. The monoisotopic (exact) mass is 338 g/mol. The summed E-state index contributed by atoms with van der Waals surface area (Å²) in [5.74, 6) is 0.170. The number of nitrogens with zero attached hydrogens (tertiary/aromatic N) is 1. The zero-order valence-corrected chi connectivity index (χ0v) is 15.3. The summed E-state index contributed by atoms with van der Waals surface area (Å²) in [6, 6.07) is 2.24. The van der Waals surface area contributed by atoms with Gasteiger partial charge in [-0.1, -0.05) is 0 Å². The predicted octanol–water partition coefficient (Wildman–Crippen LogP) is 2.65. The molecular formula is C18H30N2O2S. The highest BCUT2D eigenvalue weighted by atomic mass is 32.1. The highest BCUT2D eigenvalue weighted by Gasteiger charge is 2.16. The van der Waals surface area contributed by atoms with E-state index in [0.29, 0.717) is 6.42 Å². The topological polar surface area (TPSA) is 52.6 Å². The number of aliphatic hydroxyl groups excluding tert-OH is 1. The molecule has 1 amide bonds. The summed E-state index contributed by atoms with van der Waals surface area (Å²) < 4.78 is 0. The summed E-state index contributed by atoms with van der Waals surface area (Å²) in [5.41, 5.74) is 1.40. The summed E-state index contributed by atoms with van der Waals surface area (Å²) in [6.07, 6.45) is 5.19. The van der Waals surface area contributed by atoms with Gasteiger partial charge in [0.1, 0.15) is 0 Å². The maximum atomic E-state index is 11.9. The van der Waals surface area contributed by atoms with Crippen LogP contribution in [-0.2, 0) is 11.2 Å². The summed E-state index contributed by atoms with van der Waals surface area (Å²) >= 11 is 1.84. The second kappa shape index (κ2) is 9.40. The van der Waals surface area contributed by atoms with Crippen molar-refractivity contribution >= 4 is 17.2 Å². The van der Waals surface area contributed by atoms with E-state index in [1.165, 1.54) is 15.3 Å². The van der Waals surface area contributed by atoms with Crippen LogP contribution in [0.2, 0.25) is 0 Å². The first kappa shape index (κ1) is 18.4. The van der Waals surface area contributed by atoms with Crippen LogP contribution in [0, 0.1) is 13.8 Å². The van der Waals surface area contributed by atoms with Crippen molar-refractivity contribution in [2.24, 2.45) is 0 Å². The Hall–Kier alpha value is -0.910. The minimum absolute atomic E-state index is 0.110. The van der Waals surface area contributed by atoms with Crippen LogP contribution in [0.1, 0.15) is 47.4 Å². The van der Waals surface area contributed by atoms with Crippen LogP contribution in [-0.4, -0.2) is 48.2 Å². The number of amides is 1. The number of rotatable bonds is 8. The molecule has 0 radical (unpaired) electrons. The van der Waals surface area contributed by atoms with Gasteiger partial charge in [0.05, 0.1) is 6.10 Å². The van der Waals surface area contributed by atoms with Crippen molar-refractivity contribution in [3.63, 3.8) is 0 Å². The first-order chi connectivity index (χ1) is 11.0. The summed E-state index contributed by atoms with van der Waals surface area (Å²) in [7, 11) is 0. The van der Waals surface area contributed by atoms with Gasteiger partial charge in [-0.25, -0.2) is 0 Å². The van der Waals surface area contributed by atoms with E-state index in [4.69, 9.17) is 0 Å². The van der Waals surface area contributed by atoms with E-state index in [1.807, 2.05) is 11.3 Å². The molecule has 0 unspecified atom stereocenters. The Bertz CT molecular complexity index is 493. The van der Waals surface area contributed by atoms with Crippen LogP contribution in [0.5, 0.6) is 0 Å². The Kier molecular flexibility index (Phi) is 7.53. The van der Waals surface area contributed by atoms with Gasteiger partial charge in [-0.15, -0.1) is 11.3 Å². The van der Waals surface area contributed by atoms with Crippen LogP contribution in [0.4, 0.5) is 0 Å². The Labute approximate surface area is 143 Å². The van der Waals surface area contributed by atoms with Crippen molar-refractivity contribution in [3.8, 4) is 0 Å². The van der Waals surface area contributed by atoms with Crippen LogP contribution < -0.4 is 5.32 Å². The van der Waals surface area contributed by atoms with Gasteiger partial charge in [0.2, 0.25) is 5.91 Å². The molecule has 1 aliphatic heterocycles. The maximum absolute atomic E-state index is 11.9. The number of hydrogen-bond donors (Lipinski definition) is 2. The molecule has 4 nitrogen and oxygen atoms in total. The summed E-state index contributed by atoms with van der Waals surface area (Å²) in [6.45, 7) is 8.03. The van der Waals surface area contributed by atoms with E-state index in [1.54, 1.807) is 0 Å². The number of aliphatic hydroxyl groups is 1. The fourth-order valence-electron chi connectivity index (χ4n) is 3.13. The summed E-state index contributed by atoms with van der Waals surface area (Å²) in [4.78, 5) is 17.0. The molecule has 2 rings (SSSR count). The molecule has 0 aliphatic carbocycles. The predicted molar refractivity (Wildman–Crippen MR) is 96.0 cm³/mol. The lowest BCUT2D eigenvalue weighted by Crippen LogP contribution is -2.37. The Balaban J connectivity index is 1.51. The third-order valence-corrected chi connectivity index (χ3v) is 5.53. The van der Waals surface area contributed by atoms with E-state index in [9.17, 15) is 9.90 Å². The van der Waals surface area contributed by atoms with Crippen molar-refractivity contribution in [1.29, 1.82) is 0 Å². The second-order valence-electron chi connectivity index (χ2n) is 6.57. The molecule has 2 N–H and O–H groups in total. The minimum Gasteiger partial charge on any atom is -0.393 e. The Morgan fingerprint density at radius 3 is 2.74 bits per heavy atom. The second-order valence-corrected chi connectivity index (χ2v) is 8.03. The van der Waals surface area contributed by atoms with E-state index >= 15 is 0 Å². The van der Waals surface area contributed by atoms with Crippen LogP contribution in [0.15, 0.2) is 6.07 Å². The fourth-order valence-corrected chi connectivity index (χ4v) is 4.11. The smallest absolute Gasteiger partial charge is 0.220 e. The van der Waals surface area contributed by atoms with Gasteiger partial charge in [-0.3, -0.25) is 4.79 Å². The van der Waals surface area contributed by atoms with Gasteiger partial charge in [-0.2, -0.15) is 0 Å². The fraction of sp³-hybridized carbons (Fsp3) is 0.722. The lowest BCUT2D eigenvalue weighted by atomic mass is 10.1. The van der Waals surface area contributed by atoms with Gasteiger partial charge in [-0.05, 0) is 64.1 Å². The zero-order valence-electron chi connectivity index (χ0n) is 14.4. The third-order valence-electron chi connectivity index (χ3n) is 4.52. The number of aryl methyl sites for hydroxylation is 3. The zero-order chi connectivity index (χ0) is 16.7. The number of nitrogens with one attached hydrogen (secondary N) is 1. The molecule has 0 bridgehead atoms. The molecule has 0 spiro atoms. The van der Waals surface area contributed by atoms with Crippen LogP contribution >= 0.6 is 11.3 Å². The molecule has 0 aromatic carbocycles. The first-order valence-electron chi connectivity index (χ1n) is 8.77. The molecule has 1 fully saturated rings. The number of carbonyl (C=O) groups is 1. The quantitative estimate of drug-likeness (QED) is 0.717. The summed E-state index contributed by atoms with van der Waals surface area (Å²) in [5, 5.41) is 12.5. The number of carbonyl (C=O) groups excluding carboxylic acids is 1. The van der Waals surface area contributed by atoms with E-state index in [0.717, 1.165) is 58.3 Å². The van der Waals surface area contributed by atoms with Gasteiger partial charge in [0.15, 0.2) is 0 Å². The molecule has 2 heterocycles. The Morgan fingerprint density at radius 2 is 2.09 bits per heavy atom. The average molecular weight is 339 g/mol. The Morgan fingerprint density at radius 1 is 1.35 bits per heavy atom. The highest BCUT2D eigenvalue weighted by molar-refractivity contribution is 7.12. The molecular weight excluding hydrogens is 308 g/mol. The SMILES string of the molecule is Cc1cc(CCCC(=O)NCCCN2CCC(O)CC2)c(C)s1. The van der Waals surface area contributed by atoms with Crippen LogP contribution in [0.3, 0.4) is 0 Å². The molecule has 130 valence electrons. The van der Waals surface area contributed by atoms with Gasteiger partial charge >= 0.3 is 0 Å². The molecule has 1 aliphatic rings. The number of thiophene rings is 1. The van der Waals surface area contributed by atoms with E-state index < -0.39 is 0 Å².